The van der Waals surface area contributed by atoms with Crippen LogP contribution in [-0.2, 0) is 14.9 Å². The molecular weight excluding hydrogens is 268 g/mol. The number of rotatable bonds is 5. The van der Waals surface area contributed by atoms with Crippen molar-refractivity contribution in [3.05, 3.63) is 29.8 Å². The van der Waals surface area contributed by atoms with Crippen LogP contribution in [0.25, 0.3) is 0 Å². The Bertz CT molecular complexity index is 581. The Kier molecular flexibility index (Phi) is 3.88. The minimum absolute atomic E-state index is 0.0333. The molecule has 2 rings (SSSR count). The number of benzene rings is 1. The third-order valence-corrected chi connectivity index (χ3v) is 4.37. The van der Waals surface area contributed by atoms with E-state index in [-0.39, 0.29) is 16.5 Å². The van der Waals surface area contributed by atoms with Gasteiger partial charge in [0.25, 0.3) is 5.91 Å². The fourth-order valence-electron chi connectivity index (χ4n) is 1.55. The maximum atomic E-state index is 12.0. The Morgan fingerprint density at radius 1 is 1.42 bits per heavy atom. The molecule has 19 heavy (non-hydrogen) atoms. The van der Waals surface area contributed by atoms with Crippen LogP contribution in [0.1, 0.15) is 23.2 Å². The second-order valence-electron chi connectivity index (χ2n) is 4.41. The van der Waals surface area contributed by atoms with Crippen LogP contribution in [0.3, 0.4) is 0 Å². The van der Waals surface area contributed by atoms with Crippen molar-refractivity contribution < 1.29 is 18.0 Å². The molecule has 104 valence electrons. The molecule has 6 nitrogen and oxygen atoms in total. The minimum Gasteiger partial charge on any atom is -0.274 e. The summed E-state index contributed by atoms with van der Waals surface area (Å²) in [5.74, 6) is -0.397. The van der Waals surface area contributed by atoms with Crippen LogP contribution < -0.4 is 4.72 Å². The molecule has 7 heteroatoms. The Morgan fingerprint density at radius 2 is 2.11 bits per heavy atom. The van der Waals surface area contributed by atoms with Crippen molar-refractivity contribution in [2.45, 2.75) is 23.8 Å². The third kappa shape index (κ3) is 3.31. The van der Waals surface area contributed by atoms with Gasteiger partial charge < -0.3 is 0 Å². The highest BCUT2D eigenvalue weighted by Gasteiger charge is 2.28. The molecule has 0 saturated heterocycles. The van der Waals surface area contributed by atoms with Gasteiger partial charge >= 0.3 is 0 Å². The molecule has 0 unspecified atom stereocenters. The summed E-state index contributed by atoms with van der Waals surface area (Å²) in [6.07, 6.45) is 1.73. The fourth-order valence-corrected chi connectivity index (χ4v) is 2.90. The lowest BCUT2D eigenvalue weighted by atomic mass is 10.2. The van der Waals surface area contributed by atoms with E-state index in [9.17, 15) is 13.2 Å². The molecular formula is C12H16N2O4S. The van der Waals surface area contributed by atoms with E-state index in [1.807, 2.05) is 0 Å². The van der Waals surface area contributed by atoms with Crippen LogP contribution in [0.15, 0.2) is 29.2 Å². The van der Waals surface area contributed by atoms with Gasteiger partial charge in [0, 0.05) is 18.7 Å². The number of carbonyl (C=O) groups is 1. The van der Waals surface area contributed by atoms with Gasteiger partial charge in [-0.1, -0.05) is 6.07 Å². The summed E-state index contributed by atoms with van der Waals surface area (Å²) in [6.45, 7) is 0. The Hall–Kier alpha value is -1.44. The van der Waals surface area contributed by atoms with Gasteiger partial charge in [0.05, 0.1) is 12.0 Å². The highest BCUT2D eigenvalue weighted by Crippen LogP contribution is 2.22. The fraction of sp³-hybridized carbons (Fsp3) is 0.417. The number of amides is 1. The monoisotopic (exact) mass is 284 g/mol. The van der Waals surface area contributed by atoms with Crippen molar-refractivity contribution in [3.63, 3.8) is 0 Å². The van der Waals surface area contributed by atoms with Crippen molar-refractivity contribution in [2.75, 3.05) is 14.2 Å². The standard InChI is InChI=1S/C12H16N2O4S/c1-14(18-2)12(15)9-4-3-5-11(8-9)19(16,17)13-10-6-7-10/h3-5,8,10,13H,6-7H2,1-2H3. The van der Waals surface area contributed by atoms with Gasteiger partial charge in [-0.05, 0) is 31.0 Å². The smallest absolute Gasteiger partial charge is 0.274 e. The molecule has 0 aliphatic heterocycles. The summed E-state index contributed by atoms with van der Waals surface area (Å²) in [7, 11) is -0.715. The van der Waals surface area contributed by atoms with Crippen LogP contribution in [0.5, 0.6) is 0 Å². The summed E-state index contributed by atoms with van der Waals surface area (Å²) in [4.78, 5) is 16.8. The number of hydrogen-bond donors (Lipinski definition) is 1. The first-order valence-corrected chi connectivity index (χ1v) is 7.37. The number of nitrogens with zero attached hydrogens (tertiary/aromatic N) is 1. The zero-order chi connectivity index (χ0) is 14.0. The molecule has 0 spiro atoms. The van der Waals surface area contributed by atoms with Crippen molar-refractivity contribution in [2.24, 2.45) is 0 Å². The van der Waals surface area contributed by atoms with Gasteiger partial charge in [0.2, 0.25) is 10.0 Å². The lowest BCUT2D eigenvalue weighted by Crippen LogP contribution is -2.27. The first-order valence-electron chi connectivity index (χ1n) is 5.88. The van der Waals surface area contributed by atoms with Crippen LogP contribution in [-0.4, -0.2) is 39.6 Å². The zero-order valence-electron chi connectivity index (χ0n) is 10.8. The molecule has 0 radical (unpaired) electrons. The third-order valence-electron chi connectivity index (χ3n) is 2.85. The first kappa shape index (κ1) is 14.0. The molecule has 1 aliphatic rings. The van der Waals surface area contributed by atoms with Crippen LogP contribution in [0.4, 0.5) is 0 Å². The molecule has 1 aromatic rings. The lowest BCUT2D eigenvalue weighted by Gasteiger charge is -2.14. The van der Waals surface area contributed by atoms with Crippen molar-refractivity contribution in [1.82, 2.24) is 9.79 Å². The summed E-state index contributed by atoms with van der Waals surface area (Å²) >= 11 is 0. The quantitative estimate of drug-likeness (QED) is 0.810. The Balaban J connectivity index is 2.26. The van der Waals surface area contributed by atoms with E-state index < -0.39 is 15.9 Å². The molecule has 1 amide bonds. The second-order valence-corrected chi connectivity index (χ2v) is 6.12. The van der Waals surface area contributed by atoms with Gasteiger partial charge in [0.15, 0.2) is 0 Å². The minimum atomic E-state index is -3.55. The summed E-state index contributed by atoms with van der Waals surface area (Å²) < 4.78 is 26.6. The van der Waals surface area contributed by atoms with Crippen LogP contribution in [0.2, 0.25) is 0 Å². The number of hydroxylamine groups is 2. The van der Waals surface area contributed by atoms with Gasteiger partial charge in [-0.15, -0.1) is 0 Å². The van der Waals surface area contributed by atoms with Crippen molar-refractivity contribution in [3.8, 4) is 0 Å². The van der Waals surface area contributed by atoms with Gasteiger partial charge in [-0.3, -0.25) is 9.63 Å². The average molecular weight is 284 g/mol. The normalized spacial score (nSPS) is 15.3. The molecule has 0 bridgehead atoms. The van der Waals surface area contributed by atoms with Crippen molar-refractivity contribution >= 4 is 15.9 Å². The lowest BCUT2D eigenvalue weighted by molar-refractivity contribution is -0.0757. The SMILES string of the molecule is CON(C)C(=O)c1cccc(S(=O)(=O)NC2CC2)c1. The van der Waals surface area contributed by atoms with Gasteiger partial charge in [0.1, 0.15) is 0 Å². The van der Waals surface area contributed by atoms with Crippen LogP contribution in [0, 0.1) is 0 Å². The zero-order valence-corrected chi connectivity index (χ0v) is 11.6. The molecule has 1 fully saturated rings. The maximum absolute atomic E-state index is 12.0. The molecule has 0 atom stereocenters. The van der Waals surface area contributed by atoms with E-state index >= 15 is 0 Å². The number of sulfonamides is 1. The number of nitrogens with one attached hydrogen (secondary N) is 1. The molecule has 1 saturated carbocycles. The summed E-state index contributed by atoms with van der Waals surface area (Å²) in [6, 6.07) is 5.94. The summed E-state index contributed by atoms with van der Waals surface area (Å²) in [5, 5.41) is 1.04. The molecule has 1 aliphatic carbocycles. The van der Waals surface area contributed by atoms with Gasteiger partial charge in [-0.25, -0.2) is 18.2 Å². The maximum Gasteiger partial charge on any atom is 0.277 e. The predicted octanol–water partition coefficient (Wildman–Crippen LogP) is 0.761. The van der Waals surface area contributed by atoms with E-state index in [0.717, 1.165) is 17.9 Å². The Labute approximate surface area is 112 Å². The van der Waals surface area contributed by atoms with E-state index in [0.29, 0.717) is 0 Å². The summed E-state index contributed by atoms with van der Waals surface area (Å²) in [5.41, 5.74) is 0.267. The van der Waals surface area contributed by atoms with E-state index in [1.54, 1.807) is 6.07 Å². The van der Waals surface area contributed by atoms with Crippen LogP contribution >= 0.6 is 0 Å². The number of hydrogen-bond acceptors (Lipinski definition) is 4. The first-order chi connectivity index (χ1) is 8.94. The Morgan fingerprint density at radius 3 is 2.68 bits per heavy atom. The molecule has 1 aromatic carbocycles. The highest BCUT2D eigenvalue weighted by molar-refractivity contribution is 7.89. The van der Waals surface area contributed by atoms with Crippen molar-refractivity contribution in [1.29, 1.82) is 0 Å². The largest absolute Gasteiger partial charge is 0.277 e. The molecule has 0 aromatic heterocycles. The van der Waals surface area contributed by atoms with E-state index in [4.69, 9.17) is 4.84 Å². The topological polar surface area (TPSA) is 75.7 Å². The van der Waals surface area contributed by atoms with E-state index in [1.165, 1.54) is 32.4 Å². The highest BCUT2D eigenvalue weighted by atomic mass is 32.2. The molecule has 1 N–H and O–H groups in total. The van der Waals surface area contributed by atoms with Gasteiger partial charge in [-0.2, -0.15) is 0 Å². The molecule has 0 heterocycles. The average Bonchev–Trinajstić information content (AvgIpc) is 3.20. The van der Waals surface area contributed by atoms with E-state index in [2.05, 4.69) is 4.72 Å². The second kappa shape index (κ2) is 5.28. The predicted molar refractivity (Wildman–Crippen MR) is 68.9 cm³/mol. The number of carbonyl (C=O) groups excluding carboxylic acids is 1.